The maximum absolute atomic E-state index is 5.27. The number of oxime groups is 1. The van der Waals surface area contributed by atoms with Gasteiger partial charge in [0.2, 0.25) is 0 Å². The zero-order chi connectivity index (χ0) is 19.7. The normalized spacial score (nSPS) is 11.9. The molecule has 7 heteroatoms. The zero-order valence-electron chi connectivity index (χ0n) is 16.3. The minimum atomic E-state index is 0.524. The summed E-state index contributed by atoms with van der Waals surface area (Å²) in [6.45, 7) is 6.38. The first-order chi connectivity index (χ1) is 13.6. The van der Waals surface area contributed by atoms with Gasteiger partial charge in [0.25, 0.3) is 0 Å². The van der Waals surface area contributed by atoms with Crippen LogP contribution >= 0.6 is 11.3 Å². The number of pyridine rings is 2. The number of hydrogen-bond acceptors (Lipinski definition) is 6. The van der Waals surface area contributed by atoms with Gasteiger partial charge in [-0.15, -0.1) is 11.3 Å². The van der Waals surface area contributed by atoms with E-state index in [9.17, 15) is 0 Å². The van der Waals surface area contributed by atoms with E-state index in [0.29, 0.717) is 6.61 Å². The highest BCUT2D eigenvalue weighted by molar-refractivity contribution is 7.18. The Labute approximate surface area is 167 Å². The van der Waals surface area contributed by atoms with Crippen molar-refractivity contribution >= 4 is 28.0 Å². The molecule has 0 bridgehead atoms. The molecule has 0 spiro atoms. The first-order valence-electron chi connectivity index (χ1n) is 9.09. The van der Waals surface area contributed by atoms with Gasteiger partial charge in [-0.1, -0.05) is 5.16 Å². The summed E-state index contributed by atoms with van der Waals surface area (Å²) in [7, 11) is 2.01. The van der Waals surface area contributed by atoms with Gasteiger partial charge in [-0.3, -0.25) is 4.98 Å². The lowest BCUT2D eigenvalue weighted by molar-refractivity contribution is 0.159. The molecule has 0 unspecified atom stereocenters. The van der Waals surface area contributed by atoms with Crippen LogP contribution in [-0.4, -0.2) is 31.8 Å². The van der Waals surface area contributed by atoms with Crippen LogP contribution < -0.4 is 0 Å². The molecule has 0 atom stereocenters. The lowest BCUT2D eigenvalue weighted by Crippen LogP contribution is -2.05. The molecule has 4 rings (SSSR count). The summed E-state index contributed by atoms with van der Waals surface area (Å²) >= 11 is 1.63. The van der Waals surface area contributed by atoms with Crippen LogP contribution in [0.4, 0.5) is 0 Å². The topological polar surface area (TPSA) is 65.2 Å². The van der Waals surface area contributed by atoms with E-state index in [0.717, 1.165) is 49.1 Å². The number of fused-ring (bicyclic) bond motifs is 1. The Bertz CT molecular complexity index is 1160. The quantitative estimate of drug-likeness (QED) is 0.361. The molecule has 0 N–H and O–H groups in total. The highest BCUT2D eigenvalue weighted by Gasteiger charge is 2.17. The third-order valence-electron chi connectivity index (χ3n) is 4.46. The molecule has 142 valence electrons. The molecule has 0 aliphatic rings. The van der Waals surface area contributed by atoms with E-state index in [1.54, 1.807) is 17.5 Å². The molecule has 0 saturated carbocycles. The van der Waals surface area contributed by atoms with Crippen LogP contribution in [0.2, 0.25) is 0 Å². The fourth-order valence-corrected chi connectivity index (χ4v) is 4.16. The van der Waals surface area contributed by atoms with Gasteiger partial charge >= 0.3 is 0 Å². The Hall–Kier alpha value is -3.06. The highest BCUT2D eigenvalue weighted by Crippen LogP contribution is 2.35. The van der Waals surface area contributed by atoms with Crippen molar-refractivity contribution in [1.82, 2.24) is 19.5 Å². The van der Waals surface area contributed by atoms with E-state index in [2.05, 4.69) is 26.8 Å². The van der Waals surface area contributed by atoms with Gasteiger partial charge in [0.1, 0.15) is 23.0 Å². The predicted octanol–water partition coefficient (Wildman–Crippen LogP) is 4.83. The maximum atomic E-state index is 5.27. The lowest BCUT2D eigenvalue weighted by Gasteiger charge is -2.08. The highest BCUT2D eigenvalue weighted by atomic mass is 32.1. The molecule has 0 saturated heterocycles. The largest absolute Gasteiger partial charge is 0.396 e. The molecule has 0 fully saturated rings. The Morgan fingerprint density at radius 2 is 2.14 bits per heavy atom. The van der Waals surface area contributed by atoms with Crippen molar-refractivity contribution in [3.8, 4) is 21.1 Å². The molecular formula is C21H21N5OS. The van der Waals surface area contributed by atoms with E-state index in [1.807, 2.05) is 52.3 Å². The summed E-state index contributed by atoms with van der Waals surface area (Å²) in [6, 6.07) is 8.15. The standard InChI is InChI=1S/C21H21N5OS/c1-5-27-25-13(2)18-19-15(8-10-26(19)4)11-17(24-18)20-14(3)23-21(28-20)16-7-6-9-22-12-16/h6-12H,5H2,1-4H3. The Kier molecular flexibility index (Phi) is 4.92. The van der Waals surface area contributed by atoms with Crippen molar-refractivity contribution in [1.29, 1.82) is 0 Å². The number of aromatic nitrogens is 4. The molecular weight excluding hydrogens is 370 g/mol. The predicted molar refractivity (Wildman–Crippen MR) is 114 cm³/mol. The second-order valence-corrected chi connectivity index (χ2v) is 7.49. The minimum absolute atomic E-state index is 0.524. The second kappa shape index (κ2) is 7.52. The Morgan fingerprint density at radius 3 is 2.89 bits per heavy atom. The van der Waals surface area contributed by atoms with Crippen LogP contribution in [0.5, 0.6) is 0 Å². The van der Waals surface area contributed by atoms with Crippen LogP contribution in [0.25, 0.3) is 32.0 Å². The summed E-state index contributed by atoms with van der Waals surface area (Å²) in [5, 5.41) is 6.27. The van der Waals surface area contributed by atoms with Gasteiger partial charge in [0.15, 0.2) is 0 Å². The van der Waals surface area contributed by atoms with E-state index in [1.165, 1.54) is 0 Å². The molecule has 6 nitrogen and oxygen atoms in total. The van der Waals surface area contributed by atoms with E-state index in [4.69, 9.17) is 14.8 Å². The third-order valence-corrected chi connectivity index (χ3v) is 5.69. The van der Waals surface area contributed by atoms with Gasteiger partial charge in [-0.2, -0.15) is 0 Å². The number of nitrogens with zero attached hydrogens (tertiary/aromatic N) is 5. The van der Waals surface area contributed by atoms with Crippen LogP contribution in [0.1, 0.15) is 25.2 Å². The number of aryl methyl sites for hydroxylation is 2. The first-order valence-corrected chi connectivity index (χ1v) is 9.91. The van der Waals surface area contributed by atoms with Crippen molar-refractivity contribution < 1.29 is 4.84 Å². The van der Waals surface area contributed by atoms with E-state index >= 15 is 0 Å². The van der Waals surface area contributed by atoms with Crippen LogP contribution in [0.3, 0.4) is 0 Å². The fraction of sp³-hybridized carbons (Fsp3) is 0.238. The second-order valence-electron chi connectivity index (χ2n) is 6.49. The summed E-state index contributed by atoms with van der Waals surface area (Å²) in [4.78, 5) is 20.2. The number of thiazole rings is 1. The molecule has 0 aliphatic carbocycles. The Balaban J connectivity index is 1.87. The smallest absolute Gasteiger partial charge is 0.125 e. The van der Waals surface area contributed by atoms with Gasteiger partial charge in [0, 0.05) is 36.6 Å². The summed E-state index contributed by atoms with van der Waals surface area (Å²) in [6.07, 6.45) is 5.64. The van der Waals surface area contributed by atoms with Crippen LogP contribution in [0.15, 0.2) is 48.0 Å². The van der Waals surface area contributed by atoms with Crippen molar-refractivity contribution in [2.24, 2.45) is 12.2 Å². The zero-order valence-corrected chi connectivity index (χ0v) is 17.1. The first kappa shape index (κ1) is 18.3. The summed E-state index contributed by atoms with van der Waals surface area (Å²) < 4.78 is 2.06. The molecule has 0 radical (unpaired) electrons. The van der Waals surface area contributed by atoms with Gasteiger partial charge in [-0.05, 0) is 45.0 Å². The third kappa shape index (κ3) is 3.29. The SMILES string of the molecule is CCON=C(C)c1nc(-c2sc(-c3cccnc3)nc2C)cc2ccn(C)c12. The molecule has 0 aliphatic heterocycles. The van der Waals surface area contributed by atoms with Crippen molar-refractivity contribution in [3.63, 3.8) is 0 Å². The molecule has 4 aromatic heterocycles. The molecule has 28 heavy (non-hydrogen) atoms. The monoisotopic (exact) mass is 391 g/mol. The summed E-state index contributed by atoms with van der Waals surface area (Å²) in [5.74, 6) is 0. The average molecular weight is 392 g/mol. The average Bonchev–Trinajstić information content (AvgIpc) is 3.29. The fourth-order valence-electron chi connectivity index (χ4n) is 3.14. The molecule has 4 heterocycles. The minimum Gasteiger partial charge on any atom is -0.396 e. The molecule has 0 aromatic carbocycles. The van der Waals surface area contributed by atoms with E-state index in [-0.39, 0.29) is 0 Å². The van der Waals surface area contributed by atoms with Gasteiger partial charge in [0.05, 0.1) is 21.8 Å². The van der Waals surface area contributed by atoms with Gasteiger partial charge in [-0.25, -0.2) is 9.97 Å². The van der Waals surface area contributed by atoms with Crippen molar-refractivity contribution in [2.45, 2.75) is 20.8 Å². The molecule has 4 aromatic rings. The Morgan fingerprint density at radius 1 is 1.29 bits per heavy atom. The van der Waals surface area contributed by atoms with E-state index < -0.39 is 0 Å². The number of hydrogen-bond donors (Lipinski definition) is 0. The van der Waals surface area contributed by atoms with Crippen molar-refractivity contribution in [3.05, 3.63) is 54.2 Å². The van der Waals surface area contributed by atoms with Crippen LogP contribution in [-0.2, 0) is 11.9 Å². The number of rotatable bonds is 5. The van der Waals surface area contributed by atoms with Crippen molar-refractivity contribution in [2.75, 3.05) is 6.61 Å². The van der Waals surface area contributed by atoms with Gasteiger partial charge < -0.3 is 9.40 Å². The summed E-state index contributed by atoms with van der Waals surface area (Å²) in [5.41, 5.74) is 5.48. The van der Waals surface area contributed by atoms with Crippen LogP contribution in [0, 0.1) is 6.92 Å². The molecule has 0 amide bonds. The maximum Gasteiger partial charge on any atom is 0.125 e. The lowest BCUT2D eigenvalue weighted by atomic mass is 10.1.